The van der Waals surface area contributed by atoms with Crippen molar-refractivity contribution in [3.05, 3.63) is 124 Å². The number of nitriles is 1. The van der Waals surface area contributed by atoms with Gasteiger partial charge in [-0.2, -0.15) is 5.26 Å². The first-order valence-corrected chi connectivity index (χ1v) is 13.8. The summed E-state index contributed by atoms with van der Waals surface area (Å²) in [4.78, 5) is 7.73. The number of ether oxygens (including phenoxy) is 1. The van der Waals surface area contributed by atoms with Gasteiger partial charge in [-0.3, -0.25) is 9.93 Å². The molecule has 1 aliphatic carbocycles. The molecule has 7 nitrogen and oxygen atoms in total. The molecule has 0 saturated carbocycles. The van der Waals surface area contributed by atoms with Gasteiger partial charge in [-0.25, -0.2) is 0 Å². The Labute approximate surface area is 249 Å². The average Bonchev–Trinajstić information content (AvgIpc) is 3.51. The van der Waals surface area contributed by atoms with Crippen molar-refractivity contribution in [1.82, 2.24) is 10.3 Å². The van der Waals surface area contributed by atoms with Crippen molar-refractivity contribution in [2.45, 2.75) is 32.4 Å². The van der Waals surface area contributed by atoms with Gasteiger partial charge in [0.15, 0.2) is 5.75 Å². The second-order valence-corrected chi connectivity index (χ2v) is 10.0. The van der Waals surface area contributed by atoms with Gasteiger partial charge in [0.05, 0.1) is 10.6 Å². The fraction of sp³-hybridized carbons (Fsp3) is 0.182. The average molecular weight is 584 g/mol. The lowest BCUT2D eigenvalue weighted by molar-refractivity contribution is -0.00638. The van der Waals surface area contributed by atoms with Crippen molar-refractivity contribution in [2.75, 3.05) is 6.54 Å². The topological polar surface area (TPSA) is 117 Å². The highest BCUT2D eigenvalue weighted by atomic mass is 35.5. The Morgan fingerprint density at radius 2 is 1.93 bits per heavy atom. The van der Waals surface area contributed by atoms with Gasteiger partial charge < -0.3 is 21.2 Å². The SMILES string of the molecule is N#Cc1cncc(COc2cc(OF)c(Cl)cc2CNC/C(N)=C/C=N)c1.c1ccc(-c2cccc3c2CCC3)cc1. The lowest BCUT2D eigenvalue weighted by Crippen LogP contribution is -2.21. The normalized spacial score (nSPS) is 12.0. The zero-order valence-electron chi connectivity index (χ0n) is 22.9. The number of nitrogens with one attached hydrogen (secondary N) is 2. The molecule has 1 aromatic heterocycles. The first-order valence-electron chi connectivity index (χ1n) is 13.4. The largest absolute Gasteiger partial charge is 0.488 e. The van der Waals surface area contributed by atoms with E-state index in [-0.39, 0.29) is 17.4 Å². The minimum atomic E-state index is -0.164. The Hall–Kier alpha value is -4.71. The first-order chi connectivity index (χ1) is 20.5. The molecule has 0 radical (unpaired) electrons. The van der Waals surface area contributed by atoms with Gasteiger partial charge in [0, 0.05) is 59.1 Å². The number of halogens is 2. The van der Waals surface area contributed by atoms with E-state index in [1.807, 2.05) is 6.07 Å². The molecule has 4 aromatic rings. The minimum Gasteiger partial charge on any atom is -0.488 e. The summed E-state index contributed by atoms with van der Waals surface area (Å²) < 4.78 is 18.4. The summed E-state index contributed by atoms with van der Waals surface area (Å²) in [6.45, 7) is 0.811. The molecule has 0 saturated heterocycles. The van der Waals surface area contributed by atoms with E-state index >= 15 is 0 Å². The van der Waals surface area contributed by atoms with Gasteiger partial charge in [0.1, 0.15) is 18.4 Å². The fourth-order valence-electron chi connectivity index (χ4n) is 4.71. The third-order valence-corrected chi connectivity index (χ3v) is 6.98. The van der Waals surface area contributed by atoms with Crippen molar-refractivity contribution in [3.8, 4) is 28.7 Å². The Balaban J connectivity index is 0.000000225. The number of aromatic nitrogens is 1. The third-order valence-electron chi connectivity index (χ3n) is 6.69. The fourth-order valence-corrected chi connectivity index (χ4v) is 4.93. The predicted octanol–water partition coefficient (Wildman–Crippen LogP) is 6.87. The maximum Gasteiger partial charge on any atom is 0.194 e. The van der Waals surface area contributed by atoms with Crippen LogP contribution >= 0.6 is 11.6 Å². The zero-order valence-corrected chi connectivity index (χ0v) is 23.7. The van der Waals surface area contributed by atoms with Gasteiger partial charge in [-0.05, 0) is 59.7 Å². The van der Waals surface area contributed by atoms with E-state index in [1.165, 1.54) is 54.8 Å². The van der Waals surface area contributed by atoms with Gasteiger partial charge in [0.25, 0.3) is 0 Å². The second-order valence-electron chi connectivity index (χ2n) is 9.62. The molecule has 0 unspecified atom stereocenters. The quantitative estimate of drug-likeness (QED) is 0.175. The lowest BCUT2D eigenvalue weighted by atomic mass is 9.97. The number of aryl methyl sites for hydroxylation is 1. The molecule has 0 aliphatic heterocycles. The molecule has 0 bridgehead atoms. The summed E-state index contributed by atoms with van der Waals surface area (Å²) in [5.41, 5.74) is 13.9. The van der Waals surface area contributed by atoms with E-state index in [0.29, 0.717) is 41.2 Å². The van der Waals surface area contributed by atoms with Gasteiger partial charge in [-0.1, -0.05) is 60.1 Å². The minimum absolute atomic E-state index is 0.0952. The highest BCUT2D eigenvalue weighted by Gasteiger charge is 2.15. The molecule has 1 heterocycles. The number of hydrogen-bond donors (Lipinski definition) is 3. The van der Waals surface area contributed by atoms with Crippen molar-refractivity contribution in [1.29, 1.82) is 10.7 Å². The van der Waals surface area contributed by atoms with Gasteiger partial charge in [-0.15, -0.1) is 0 Å². The maximum absolute atomic E-state index is 12.7. The number of hydrogen-bond acceptors (Lipinski definition) is 7. The number of allylic oxidation sites excluding steroid dienone is 1. The highest BCUT2D eigenvalue weighted by Crippen LogP contribution is 2.34. The molecule has 0 fully saturated rings. The third kappa shape index (κ3) is 8.16. The molecule has 42 heavy (non-hydrogen) atoms. The van der Waals surface area contributed by atoms with Crippen LogP contribution in [0.15, 0.2) is 90.9 Å². The number of nitrogens with zero attached hydrogens (tertiary/aromatic N) is 2. The zero-order chi connectivity index (χ0) is 29.7. The molecule has 5 rings (SSSR count). The number of fused-ring (bicyclic) bond motifs is 1. The molecular weight excluding hydrogens is 553 g/mol. The molecule has 0 spiro atoms. The molecule has 0 amide bonds. The summed E-state index contributed by atoms with van der Waals surface area (Å²) in [7, 11) is 0. The Kier molecular flexibility index (Phi) is 11.0. The summed E-state index contributed by atoms with van der Waals surface area (Å²) >= 11 is 5.99. The van der Waals surface area contributed by atoms with Crippen LogP contribution in [0.25, 0.3) is 11.1 Å². The van der Waals surface area contributed by atoms with E-state index in [1.54, 1.807) is 23.4 Å². The number of nitrogens with two attached hydrogens (primary N) is 1. The Morgan fingerprint density at radius 1 is 1.10 bits per heavy atom. The van der Waals surface area contributed by atoms with Crippen LogP contribution in [0.2, 0.25) is 5.02 Å². The summed E-state index contributed by atoms with van der Waals surface area (Å²) in [5, 5.41) is 19.1. The number of rotatable bonds is 10. The second kappa shape index (κ2) is 15.3. The molecule has 9 heteroatoms. The number of benzene rings is 3. The van der Waals surface area contributed by atoms with E-state index in [2.05, 4.69) is 63.8 Å². The van der Waals surface area contributed by atoms with Crippen LogP contribution in [0.4, 0.5) is 4.53 Å². The Morgan fingerprint density at radius 3 is 2.69 bits per heavy atom. The van der Waals surface area contributed by atoms with Crippen LogP contribution in [-0.4, -0.2) is 17.7 Å². The maximum atomic E-state index is 12.7. The van der Waals surface area contributed by atoms with E-state index in [0.717, 1.165) is 6.21 Å². The summed E-state index contributed by atoms with van der Waals surface area (Å²) in [6, 6.07) is 23.9. The molecule has 4 N–H and O–H groups in total. The van der Waals surface area contributed by atoms with Crippen molar-refractivity contribution in [3.63, 3.8) is 0 Å². The Bertz CT molecular complexity index is 1590. The van der Waals surface area contributed by atoms with Crippen LogP contribution in [0.1, 0.15) is 34.2 Å². The van der Waals surface area contributed by atoms with Crippen LogP contribution in [0.3, 0.4) is 0 Å². The van der Waals surface area contributed by atoms with E-state index in [9.17, 15) is 4.53 Å². The molecule has 0 atom stereocenters. The van der Waals surface area contributed by atoms with Crippen molar-refractivity contribution >= 4 is 17.8 Å². The molecule has 3 aromatic carbocycles. The standard InChI is InChI=1S/C18H17ClFN5O2.C15H14/c19-16-4-14(9-25-10-15(23)1-2-21)17(5-18(16)27-20)26-11-13-3-12(6-22)7-24-8-13;1-2-6-12(7-3-1)14-10-4-8-13-9-5-11-15(13)14/h1-5,7-8,21,25H,9-11,23H2;1-4,6-8,10H,5,9,11H2/b15-1-,21-2?;. The number of pyridine rings is 1. The van der Waals surface area contributed by atoms with E-state index in [4.69, 9.17) is 32.7 Å². The van der Waals surface area contributed by atoms with Gasteiger partial charge >= 0.3 is 0 Å². The molecule has 1 aliphatic rings. The summed E-state index contributed by atoms with van der Waals surface area (Å²) in [6.07, 6.45) is 9.41. The van der Waals surface area contributed by atoms with Crippen LogP contribution in [-0.2, 0) is 26.0 Å². The van der Waals surface area contributed by atoms with Crippen LogP contribution in [0, 0.1) is 16.7 Å². The summed E-state index contributed by atoms with van der Waals surface area (Å²) in [5.74, 6) is 0.194. The lowest BCUT2D eigenvalue weighted by Gasteiger charge is -2.14. The van der Waals surface area contributed by atoms with Crippen molar-refractivity contribution in [2.24, 2.45) is 5.73 Å². The molecule has 214 valence electrons. The first kappa shape index (κ1) is 30.3. The van der Waals surface area contributed by atoms with E-state index < -0.39 is 0 Å². The molecular formula is C33H31ClFN5O2. The van der Waals surface area contributed by atoms with Crippen molar-refractivity contribution < 1.29 is 14.2 Å². The smallest absolute Gasteiger partial charge is 0.194 e. The van der Waals surface area contributed by atoms with Gasteiger partial charge in [0.2, 0.25) is 0 Å². The van der Waals surface area contributed by atoms with Crippen LogP contribution < -0.4 is 20.7 Å². The van der Waals surface area contributed by atoms with Crippen LogP contribution in [0.5, 0.6) is 11.5 Å². The predicted molar refractivity (Wildman–Crippen MR) is 163 cm³/mol. The highest BCUT2D eigenvalue weighted by molar-refractivity contribution is 6.32. The monoisotopic (exact) mass is 583 g/mol.